The number of aryl methyl sites for hydroxylation is 1. The molecule has 1 rings (SSSR count). The number of hydrogen-bond acceptors (Lipinski definition) is 2. The van der Waals surface area contributed by atoms with Gasteiger partial charge in [0.1, 0.15) is 0 Å². The molecule has 0 amide bonds. The molecular formula is C12H23N3. The van der Waals surface area contributed by atoms with Crippen LogP contribution >= 0.6 is 0 Å². The molecule has 0 bridgehead atoms. The molecule has 0 saturated carbocycles. The Labute approximate surface area is 92.9 Å². The van der Waals surface area contributed by atoms with Crippen molar-refractivity contribution in [2.24, 2.45) is 10.8 Å². The number of aromatic nitrogens is 3. The zero-order valence-electron chi connectivity index (χ0n) is 10.8. The fourth-order valence-corrected chi connectivity index (χ4v) is 1.30. The molecule has 0 atom stereocenters. The van der Waals surface area contributed by atoms with Crippen molar-refractivity contribution in [2.75, 3.05) is 0 Å². The maximum Gasteiger partial charge on any atom is 0.0725 e. The largest absolute Gasteiger partial charge is 0.249 e. The van der Waals surface area contributed by atoms with E-state index >= 15 is 0 Å². The van der Waals surface area contributed by atoms with Crippen molar-refractivity contribution < 1.29 is 0 Å². The Bertz CT molecular complexity index is 318. The van der Waals surface area contributed by atoms with Gasteiger partial charge in [-0.2, -0.15) is 0 Å². The lowest BCUT2D eigenvalue weighted by Gasteiger charge is -2.38. The van der Waals surface area contributed by atoms with Crippen molar-refractivity contribution in [3.63, 3.8) is 0 Å². The lowest BCUT2D eigenvalue weighted by atomic mass is 9.69. The van der Waals surface area contributed by atoms with Crippen LogP contribution in [0.1, 0.15) is 47.2 Å². The van der Waals surface area contributed by atoms with Crippen LogP contribution in [0.5, 0.6) is 0 Å². The molecule has 1 heterocycles. The second kappa shape index (κ2) is 3.95. The van der Waals surface area contributed by atoms with Gasteiger partial charge >= 0.3 is 0 Å². The third kappa shape index (κ3) is 2.58. The highest BCUT2D eigenvalue weighted by Gasteiger charge is 2.33. The molecule has 0 spiro atoms. The smallest absolute Gasteiger partial charge is 0.0725 e. The summed E-state index contributed by atoms with van der Waals surface area (Å²) < 4.78 is 2.03. The van der Waals surface area contributed by atoms with Gasteiger partial charge in [0.2, 0.25) is 0 Å². The molecule has 0 radical (unpaired) electrons. The summed E-state index contributed by atoms with van der Waals surface area (Å²) >= 11 is 0. The van der Waals surface area contributed by atoms with E-state index in [9.17, 15) is 0 Å². The molecule has 0 N–H and O–H groups in total. The summed E-state index contributed by atoms with van der Waals surface area (Å²) in [5, 5.41) is 8.12. The summed E-state index contributed by atoms with van der Waals surface area (Å²) in [7, 11) is 0. The Morgan fingerprint density at radius 2 is 1.80 bits per heavy atom. The Hall–Kier alpha value is -0.860. The topological polar surface area (TPSA) is 30.7 Å². The Morgan fingerprint density at radius 1 is 1.20 bits per heavy atom. The first-order chi connectivity index (χ1) is 6.78. The van der Waals surface area contributed by atoms with Crippen molar-refractivity contribution in [1.82, 2.24) is 15.0 Å². The first-order valence-corrected chi connectivity index (χ1v) is 5.65. The summed E-state index contributed by atoms with van der Waals surface area (Å²) in [5.74, 6) is 0. The van der Waals surface area contributed by atoms with Gasteiger partial charge in [-0.15, -0.1) is 5.10 Å². The van der Waals surface area contributed by atoms with Gasteiger partial charge in [0.25, 0.3) is 0 Å². The Balaban J connectivity index is 2.86. The van der Waals surface area contributed by atoms with E-state index in [4.69, 9.17) is 0 Å². The van der Waals surface area contributed by atoms with Crippen LogP contribution in [-0.4, -0.2) is 15.0 Å². The second-order valence-corrected chi connectivity index (χ2v) is 5.87. The maximum absolute atomic E-state index is 4.15. The fourth-order valence-electron chi connectivity index (χ4n) is 1.30. The van der Waals surface area contributed by atoms with Gasteiger partial charge in [0.15, 0.2) is 0 Å². The molecule has 0 aliphatic rings. The molecule has 0 aromatic carbocycles. The van der Waals surface area contributed by atoms with Crippen LogP contribution in [0.4, 0.5) is 0 Å². The van der Waals surface area contributed by atoms with E-state index < -0.39 is 0 Å². The van der Waals surface area contributed by atoms with Crippen molar-refractivity contribution in [2.45, 2.75) is 54.5 Å². The molecule has 0 aliphatic heterocycles. The van der Waals surface area contributed by atoms with Gasteiger partial charge in [-0.05, 0) is 17.3 Å². The molecule has 0 unspecified atom stereocenters. The standard InChI is InChI=1S/C12H23N3/c1-7-10-8-13-14-15(10)9-12(5,6)11(2,3)4/h8H,7,9H2,1-6H3. The van der Waals surface area contributed by atoms with E-state index in [1.54, 1.807) is 0 Å². The lowest BCUT2D eigenvalue weighted by Crippen LogP contribution is -2.34. The van der Waals surface area contributed by atoms with Crippen LogP contribution in [0.2, 0.25) is 0 Å². The van der Waals surface area contributed by atoms with Crippen molar-refractivity contribution >= 4 is 0 Å². The fraction of sp³-hybridized carbons (Fsp3) is 0.833. The minimum atomic E-state index is 0.213. The second-order valence-electron chi connectivity index (χ2n) is 5.87. The number of hydrogen-bond donors (Lipinski definition) is 0. The number of nitrogens with zero attached hydrogens (tertiary/aromatic N) is 3. The SMILES string of the molecule is CCc1cnnn1CC(C)(C)C(C)(C)C. The van der Waals surface area contributed by atoms with Gasteiger partial charge in [-0.25, -0.2) is 4.68 Å². The minimum Gasteiger partial charge on any atom is -0.249 e. The zero-order valence-corrected chi connectivity index (χ0v) is 10.8. The lowest BCUT2D eigenvalue weighted by molar-refractivity contribution is 0.100. The van der Waals surface area contributed by atoms with E-state index in [-0.39, 0.29) is 10.8 Å². The van der Waals surface area contributed by atoms with Crippen LogP contribution in [0.3, 0.4) is 0 Å². The van der Waals surface area contributed by atoms with Gasteiger partial charge < -0.3 is 0 Å². The van der Waals surface area contributed by atoms with Crippen molar-refractivity contribution in [1.29, 1.82) is 0 Å². The first kappa shape index (κ1) is 12.2. The third-order valence-electron chi connectivity index (χ3n) is 3.64. The van der Waals surface area contributed by atoms with Gasteiger partial charge in [-0.1, -0.05) is 46.8 Å². The normalized spacial score (nSPS) is 13.2. The Kier molecular flexibility index (Phi) is 3.22. The summed E-state index contributed by atoms with van der Waals surface area (Å²) in [6, 6.07) is 0. The van der Waals surface area contributed by atoms with Crippen molar-refractivity contribution in [3.05, 3.63) is 11.9 Å². The monoisotopic (exact) mass is 209 g/mol. The predicted octanol–water partition coefficient (Wildman–Crippen LogP) is 2.91. The molecule has 15 heavy (non-hydrogen) atoms. The minimum absolute atomic E-state index is 0.213. The van der Waals surface area contributed by atoms with Crippen LogP contribution in [0, 0.1) is 10.8 Å². The number of rotatable bonds is 3. The maximum atomic E-state index is 4.15. The van der Waals surface area contributed by atoms with Gasteiger partial charge in [-0.3, -0.25) is 0 Å². The van der Waals surface area contributed by atoms with E-state index in [2.05, 4.69) is 51.9 Å². The molecule has 1 aromatic heterocycles. The Morgan fingerprint density at radius 3 is 2.27 bits per heavy atom. The van der Waals surface area contributed by atoms with E-state index in [0.29, 0.717) is 0 Å². The molecule has 0 aliphatic carbocycles. The van der Waals surface area contributed by atoms with E-state index in [1.165, 1.54) is 5.69 Å². The van der Waals surface area contributed by atoms with Gasteiger partial charge in [0, 0.05) is 6.54 Å². The van der Waals surface area contributed by atoms with Crippen molar-refractivity contribution in [3.8, 4) is 0 Å². The molecular weight excluding hydrogens is 186 g/mol. The molecule has 86 valence electrons. The highest BCUT2D eigenvalue weighted by atomic mass is 15.4. The zero-order chi connectivity index (χ0) is 11.7. The van der Waals surface area contributed by atoms with Crippen LogP contribution in [0.25, 0.3) is 0 Å². The molecule has 3 heteroatoms. The first-order valence-electron chi connectivity index (χ1n) is 5.65. The highest BCUT2D eigenvalue weighted by molar-refractivity contribution is 4.95. The third-order valence-corrected chi connectivity index (χ3v) is 3.64. The van der Waals surface area contributed by atoms with Crippen LogP contribution < -0.4 is 0 Å². The predicted molar refractivity (Wildman–Crippen MR) is 62.6 cm³/mol. The average molecular weight is 209 g/mol. The van der Waals surface area contributed by atoms with E-state index in [1.807, 2.05) is 10.9 Å². The van der Waals surface area contributed by atoms with Gasteiger partial charge in [0.05, 0.1) is 11.9 Å². The summed E-state index contributed by atoms with van der Waals surface area (Å²) in [4.78, 5) is 0. The summed E-state index contributed by atoms with van der Waals surface area (Å²) in [5.41, 5.74) is 1.70. The van der Waals surface area contributed by atoms with Crippen LogP contribution in [0.15, 0.2) is 6.20 Å². The quantitative estimate of drug-likeness (QED) is 0.766. The average Bonchev–Trinajstić information content (AvgIpc) is 2.48. The van der Waals surface area contributed by atoms with Crippen LogP contribution in [-0.2, 0) is 13.0 Å². The highest BCUT2D eigenvalue weighted by Crippen LogP contribution is 2.39. The molecule has 1 aromatic rings. The molecule has 0 saturated heterocycles. The summed E-state index contributed by atoms with van der Waals surface area (Å²) in [6.45, 7) is 14.5. The molecule has 0 fully saturated rings. The summed E-state index contributed by atoms with van der Waals surface area (Å²) in [6.07, 6.45) is 2.85. The molecule has 3 nitrogen and oxygen atoms in total. The van der Waals surface area contributed by atoms with E-state index in [0.717, 1.165) is 13.0 Å².